The van der Waals surface area contributed by atoms with E-state index in [1.54, 1.807) is 0 Å². The molecule has 0 aliphatic heterocycles. The van der Waals surface area contributed by atoms with E-state index in [0.29, 0.717) is 6.20 Å². The normalized spacial score (nSPS) is 12.8. The Bertz CT molecular complexity index is 605. The van der Waals surface area contributed by atoms with Crippen molar-refractivity contribution in [3.63, 3.8) is 0 Å². The van der Waals surface area contributed by atoms with Gasteiger partial charge in [0.15, 0.2) is 5.75 Å². The first-order valence-electron chi connectivity index (χ1n) is 4.61. The van der Waals surface area contributed by atoms with Crippen molar-refractivity contribution in [2.45, 2.75) is 23.6 Å². The van der Waals surface area contributed by atoms with Gasteiger partial charge in [-0.3, -0.25) is 4.98 Å². The number of nitrogens with zero attached hydrogens (tertiary/aromatic N) is 1. The molecule has 0 saturated carbocycles. The molecule has 114 valence electrons. The van der Waals surface area contributed by atoms with Crippen LogP contribution in [0.4, 0.5) is 22.0 Å². The first-order valence-corrected chi connectivity index (χ1v) is 6.70. The van der Waals surface area contributed by atoms with Gasteiger partial charge in [0.05, 0.1) is 23.3 Å². The molecule has 0 amide bonds. The van der Waals surface area contributed by atoms with Crippen LogP contribution >= 0.6 is 11.6 Å². The molecule has 0 aromatic carbocycles. The molecule has 0 atom stereocenters. The van der Waals surface area contributed by atoms with Crippen LogP contribution in [0.3, 0.4) is 0 Å². The molecule has 20 heavy (non-hydrogen) atoms. The van der Waals surface area contributed by atoms with Gasteiger partial charge in [-0.05, 0) is 0 Å². The Balaban J connectivity index is 3.66. The van der Waals surface area contributed by atoms with Crippen LogP contribution in [0.15, 0.2) is 11.1 Å². The van der Waals surface area contributed by atoms with Crippen molar-refractivity contribution in [3.05, 3.63) is 17.5 Å². The van der Waals surface area contributed by atoms with Crippen molar-refractivity contribution < 1.29 is 35.1 Å². The minimum absolute atomic E-state index is 0.307. The third kappa shape index (κ3) is 3.90. The number of pyridine rings is 1. The molecule has 12 heteroatoms. The number of nitrogens with two attached hydrogens (primary N) is 1. The molecular formula is C8H6ClF5N2O3S. The topological polar surface area (TPSA) is 82.3 Å². The lowest BCUT2D eigenvalue weighted by atomic mass is 10.2. The van der Waals surface area contributed by atoms with E-state index < -0.39 is 50.6 Å². The summed E-state index contributed by atoms with van der Waals surface area (Å²) < 4.78 is 87.9. The Morgan fingerprint density at radius 3 is 2.30 bits per heavy atom. The Hall–Kier alpha value is -1.20. The van der Waals surface area contributed by atoms with Gasteiger partial charge >= 0.3 is 6.36 Å². The summed E-state index contributed by atoms with van der Waals surface area (Å²) in [7, 11) is -4.77. The highest BCUT2D eigenvalue weighted by molar-refractivity contribution is 7.89. The number of hydrogen-bond acceptors (Lipinski definition) is 4. The van der Waals surface area contributed by atoms with Gasteiger partial charge in [-0.1, -0.05) is 0 Å². The van der Waals surface area contributed by atoms with Gasteiger partial charge in [0.2, 0.25) is 10.0 Å². The smallest absolute Gasteiger partial charge is 0.404 e. The van der Waals surface area contributed by atoms with Crippen LogP contribution in [0.2, 0.25) is 0 Å². The van der Waals surface area contributed by atoms with Crippen molar-refractivity contribution in [2.24, 2.45) is 5.14 Å². The number of hydrogen-bond donors (Lipinski definition) is 1. The van der Waals surface area contributed by atoms with Crippen molar-refractivity contribution in [2.75, 3.05) is 0 Å². The molecule has 0 spiro atoms. The van der Waals surface area contributed by atoms with Crippen LogP contribution in [0.1, 0.15) is 17.7 Å². The lowest BCUT2D eigenvalue weighted by Crippen LogP contribution is -2.22. The van der Waals surface area contributed by atoms with E-state index in [2.05, 4.69) is 9.72 Å². The quantitative estimate of drug-likeness (QED) is 0.673. The average molecular weight is 341 g/mol. The second-order valence-electron chi connectivity index (χ2n) is 3.34. The van der Waals surface area contributed by atoms with Crippen molar-refractivity contribution in [1.82, 2.24) is 4.98 Å². The van der Waals surface area contributed by atoms with E-state index in [0.717, 1.165) is 0 Å². The SMILES string of the molecule is NS(=O)(=O)c1c(CCl)ncc(OC(F)(F)F)c1C(F)F. The highest BCUT2D eigenvalue weighted by Crippen LogP contribution is 2.38. The van der Waals surface area contributed by atoms with Crippen LogP contribution < -0.4 is 9.88 Å². The van der Waals surface area contributed by atoms with Crippen LogP contribution in [-0.4, -0.2) is 19.8 Å². The molecule has 0 fully saturated rings. The van der Waals surface area contributed by atoms with Crippen LogP contribution in [0, 0.1) is 0 Å². The van der Waals surface area contributed by atoms with Gasteiger partial charge in [-0.2, -0.15) is 0 Å². The highest BCUT2D eigenvalue weighted by atomic mass is 35.5. The summed E-state index contributed by atoms with van der Waals surface area (Å²) in [5, 5.41) is 4.71. The Morgan fingerprint density at radius 2 is 1.95 bits per heavy atom. The number of halogens is 6. The lowest BCUT2D eigenvalue weighted by Gasteiger charge is -2.16. The van der Waals surface area contributed by atoms with E-state index in [1.165, 1.54) is 0 Å². The van der Waals surface area contributed by atoms with E-state index in [9.17, 15) is 30.4 Å². The number of sulfonamides is 1. The fourth-order valence-electron chi connectivity index (χ4n) is 1.36. The second-order valence-corrected chi connectivity index (χ2v) is 5.10. The van der Waals surface area contributed by atoms with Crippen LogP contribution in [0.25, 0.3) is 0 Å². The molecule has 1 rings (SSSR count). The summed E-state index contributed by atoms with van der Waals surface area (Å²) in [6.07, 6.45) is -8.59. The van der Waals surface area contributed by atoms with Crippen molar-refractivity contribution >= 4 is 21.6 Å². The monoisotopic (exact) mass is 340 g/mol. The molecule has 1 aromatic heterocycles. The maximum absolute atomic E-state index is 12.9. The predicted octanol–water partition coefficient (Wildman–Crippen LogP) is 2.30. The zero-order valence-electron chi connectivity index (χ0n) is 9.29. The van der Waals surface area contributed by atoms with E-state index in [1.807, 2.05) is 0 Å². The van der Waals surface area contributed by atoms with Gasteiger partial charge in [-0.15, -0.1) is 24.8 Å². The molecule has 0 bridgehead atoms. The van der Waals surface area contributed by atoms with Gasteiger partial charge < -0.3 is 4.74 Å². The number of ether oxygens (including phenoxy) is 1. The van der Waals surface area contributed by atoms with Gasteiger partial charge in [0.1, 0.15) is 4.90 Å². The van der Waals surface area contributed by atoms with Crippen molar-refractivity contribution in [1.29, 1.82) is 0 Å². The summed E-state index contributed by atoms with van der Waals surface area (Å²) in [4.78, 5) is 1.97. The number of rotatable bonds is 4. The number of aromatic nitrogens is 1. The second kappa shape index (κ2) is 5.66. The number of primary sulfonamides is 1. The standard InChI is InChI=1S/C8H6ClF5N2O3S/c9-1-3-6(20(15,17)18)5(7(10)11)4(2-16-3)19-8(12,13)14/h2,7H,1H2,(H2,15,17,18). The molecular weight excluding hydrogens is 335 g/mol. The molecule has 0 aliphatic rings. The third-order valence-corrected chi connectivity index (χ3v) is 3.24. The minimum atomic E-state index is -5.30. The lowest BCUT2D eigenvalue weighted by molar-refractivity contribution is -0.275. The predicted molar refractivity (Wildman–Crippen MR) is 56.8 cm³/mol. The largest absolute Gasteiger partial charge is 0.573 e. The molecule has 1 aromatic rings. The van der Waals surface area contributed by atoms with E-state index >= 15 is 0 Å². The minimum Gasteiger partial charge on any atom is -0.404 e. The Morgan fingerprint density at radius 1 is 1.40 bits per heavy atom. The summed E-state index contributed by atoms with van der Waals surface area (Å²) >= 11 is 5.31. The zero-order chi connectivity index (χ0) is 15.7. The molecule has 0 aliphatic carbocycles. The molecule has 2 N–H and O–H groups in total. The average Bonchev–Trinajstić information content (AvgIpc) is 2.24. The zero-order valence-corrected chi connectivity index (χ0v) is 10.9. The molecule has 1 heterocycles. The van der Waals surface area contributed by atoms with E-state index in [-0.39, 0.29) is 0 Å². The maximum Gasteiger partial charge on any atom is 0.573 e. The highest BCUT2D eigenvalue weighted by Gasteiger charge is 2.36. The van der Waals surface area contributed by atoms with Gasteiger partial charge in [0.25, 0.3) is 6.43 Å². The number of alkyl halides is 6. The fourth-order valence-corrected chi connectivity index (χ4v) is 2.59. The fraction of sp³-hybridized carbons (Fsp3) is 0.375. The van der Waals surface area contributed by atoms with E-state index in [4.69, 9.17) is 16.7 Å². The van der Waals surface area contributed by atoms with Gasteiger partial charge in [0, 0.05) is 0 Å². The third-order valence-electron chi connectivity index (χ3n) is 1.96. The summed E-state index contributed by atoms with van der Waals surface area (Å²) in [6, 6.07) is 0. The first-order chi connectivity index (χ1) is 8.97. The van der Waals surface area contributed by atoms with Crippen molar-refractivity contribution in [3.8, 4) is 5.75 Å². The van der Waals surface area contributed by atoms with Crippen LogP contribution in [-0.2, 0) is 15.9 Å². The Labute approximate surface area is 114 Å². The first kappa shape index (κ1) is 16.9. The molecule has 0 saturated heterocycles. The summed E-state index contributed by atoms with van der Waals surface area (Å²) in [5.74, 6) is -2.09. The molecule has 5 nitrogen and oxygen atoms in total. The maximum atomic E-state index is 12.9. The van der Waals surface area contributed by atoms with Crippen LogP contribution in [0.5, 0.6) is 5.75 Å². The Kier molecular flexibility index (Phi) is 4.77. The summed E-state index contributed by atoms with van der Waals surface area (Å²) in [6.45, 7) is 0. The van der Waals surface area contributed by atoms with Gasteiger partial charge in [-0.25, -0.2) is 22.3 Å². The summed E-state index contributed by atoms with van der Waals surface area (Å²) in [5.41, 5.74) is -2.13. The molecule has 0 radical (unpaired) electrons. The molecule has 0 unspecified atom stereocenters.